The Bertz CT molecular complexity index is 505. The number of rotatable bonds is 5. The summed E-state index contributed by atoms with van der Waals surface area (Å²) in [6.45, 7) is 2.63. The summed E-state index contributed by atoms with van der Waals surface area (Å²) in [4.78, 5) is 12.9. The van der Waals surface area contributed by atoms with Crippen LogP contribution in [0, 0.1) is 6.92 Å². The van der Waals surface area contributed by atoms with Gasteiger partial charge in [0, 0.05) is 11.4 Å². The molecule has 2 rings (SSSR count). The Balaban J connectivity index is 2.08. The van der Waals surface area contributed by atoms with Crippen LogP contribution in [0.15, 0.2) is 16.6 Å². The van der Waals surface area contributed by atoms with Gasteiger partial charge in [0.1, 0.15) is 11.6 Å². The van der Waals surface area contributed by atoms with Crippen LogP contribution in [0.1, 0.15) is 10.7 Å². The average Bonchev–Trinajstić information content (AvgIpc) is 2.81. The molecule has 0 aromatic carbocycles. The molecule has 0 atom stereocenters. The number of anilines is 2. The molecule has 2 heterocycles. The fourth-order valence-electron chi connectivity index (χ4n) is 1.35. The first kappa shape index (κ1) is 13.1. The van der Waals surface area contributed by atoms with Crippen LogP contribution in [0.3, 0.4) is 0 Å². The quantitative estimate of drug-likeness (QED) is 0.334. The fraction of sp³-hybridized carbons (Fsp3) is 0.300. The second-order valence-electron chi connectivity index (χ2n) is 3.48. The van der Waals surface area contributed by atoms with Crippen LogP contribution in [0.25, 0.3) is 0 Å². The van der Waals surface area contributed by atoms with Crippen molar-refractivity contribution >= 4 is 34.7 Å². The van der Waals surface area contributed by atoms with Crippen molar-refractivity contribution in [2.24, 2.45) is 5.84 Å². The summed E-state index contributed by atoms with van der Waals surface area (Å²) in [6, 6.07) is 1.76. The minimum absolute atomic E-state index is 0.589. The first-order valence-electron chi connectivity index (χ1n) is 5.26. The van der Waals surface area contributed by atoms with E-state index in [2.05, 4.69) is 25.7 Å². The van der Waals surface area contributed by atoms with Crippen molar-refractivity contribution < 1.29 is 0 Å². The zero-order valence-electron chi connectivity index (χ0n) is 10.1. The summed E-state index contributed by atoms with van der Waals surface area (Å²) in [5, 5.41) is 6.96. The molecule has 4 N–H and O–H groups in total. The van der Waals surface area contributed by atoms with Crippen molar-refractivity contribution in [3.63, 3.8) is 0 Å². The predicted octanol–water partition coefficient (Wildman–Crippen LogP) is 1.86. The number of thiazole rings is 1. The van der Waals surface area contributed by atoms with E-state index in [1.165, 1.54) is 11.8 Å². The zero-order valence-corrected chi connectivity index (χ0v) is 11.7. The fourth-order valence-corrected chi connectivity index (χ4v) is 2.34. The summed E-state index contributed by atoms with van der Waals surface area (Å²) < 4.78 is 0. The van der Waals surface area contributed by atoms with Crippen LogP contribution in [-0.2, 0) is 6.54 Å². The standard InChI is InChI=1S/C10H14N6S2/c1-6-13-7(5-18-6)4-12-8-3-9(16-11)15-10(14-8)17-2/h3,5H,4,11H2,1-2H3,(H2,12,14,15,16). The van der Waals surface area contributed by atoms with Gasteiger partial charge >= 0.3 is 0 Å². The van der Waals surface area contributed by atoms with Crippen molar-refractivity contribution in [3.05, 3.63) is 22.1 Å². The molecule has 18 heavy (non-hydrogen) atoms. The van der Waals surface area contributed by atoms with Crippen LogP contribution in [0.2, 0.25) is 0 Å². The lowest BCUT2D eigenvalue weighted by molar-refractivity contribution is 0.945. The maximum Gasteiger partial charge on any atom is 0.191 e. The van der Waals surface area contributed by atoms with E-state index < -0.39 is 0 Å². The molecular formula is C10H14N6S2. The third-order valence-corrected chi connectivity index (χ3v) is 3.52. The number of hydrogen-bond acceptors (Lipinski definition) is 8. The topological polar surface area (TPSA) is 88.8 Å². The van der Waals surface area contributed by atoms with Crippen LogP contribution in [-0.4, -0.2) is 21.2 Å². The Labute approximate surface area is 113 Å². The average molecular weight is 282 g/mol. The van der Waals surface area contributed by atoms with E-state index in [1.807, 2.05) is 18.6 Å². The lowest BCUT2D eigenvalue weighted by Crippen LogP contribution is -2.11. The molecule has 0 saturated heterocycles. The number of aromatic nitrogens is 3. The Morgan fingerprint density at radius 1 is 1.33 bits per heavy atom. The molecule has 0 aliphatic carbocycles. The molecule has 0 aliphatic rings. The Morgan fingerprint density at radius 3 is 2.72 bits per heavy atom. The van der Waals surface area contributed by atoms with E-state index in [1.54, 1.807) is 17.4 Å². The highest BCUT2D eigenvalue weighted by molar-refractivity contribution is 7.98. The van der Waals surface area contributed by atoms with Gasteiger partial charge in [0.05, 0.1) is 17.2 Å². The monoisotopic (exact) mass is 282 g/mol. The van der Waals surface area contributed by atoms with Gasteiger partial charge in [-0.1, -0.05) is 11.8 Å². The number of nitrogens with two attached hydrogens (primary N) is 1. The van der Waals surface area contributed by atoms with E-state index in [0.717, 1.165) is 16.5 Å². The van der Waals surface area contributed by atoms with E-state index in [-0.39, 0.29) is 0 Å². The van der Waals surface area contributed by atoms with Gasteiger partial charge in [0.25, 0.3) is 0 Å². The van der Waals surface area contributed by atoms with Crippen LogP contribution < -0.4 is 16.6 Å². The second-order valence-corrected chi connectivity index (χ2v) is 5.32. The summed E-state index contributed by atoms with van der Waals surface area (Å²) in [6.07, 6.45) is 1.92. The molecule has 2 aromatic rings. The summed E-state index contributed by atoms with van der Waals surface area (Å²) in [5.41, 5.74) is 3.53. The smallest absolute Gasteiger partial charge is 0.191 e. The maximum absolute atomic E-state index is 5.36. The van der Waals surface area contributed by atoms with Crippen LogP contribution in [0.4, 0.5) is 11.6 Å². The predicted molar refractivity (Wildman–Crippen MR) is 75.8 cm³/mol. The van der Waals surface area contributed by atoms with Crippen molar-refractivity contribution in [3.8, 4) is 0 Å². The molecule has 0 saturated carbocycles. The van der Waals surface area contributed by atoms with Gasteiger partial charge in [-0.25, -0.2) is 20.8 Å². The van der Waals surface area contributed by atoms with Crippen molar-refractivity contribution in [2.45, 2.75) is 18.6 Å². The van der Waals surface area contributed by atoms with Gasteiger partial charge in [0.2, 0.25) is 0 Å². The van der Waals surface area contributed by atoms with Gasteiger partial charge in [-0.05, 0) is 13.2 Å². The van der Waals surface area contributed by atoms with Gasteiger partial charge < -0.3 is 10.7 Å². The second kappa shape index (κ2) is 5.98. The first-order chi connectivity index (χ1) is 8.71. The number of nitrogens with zero attached hydrogens (tertiary/aromatic N) is 3. The van der Waals surface area contributed by atoms with Gasteiger partial charge in [-0.3, -0.25) is 0 Å². The summed E-state index contributed by atoms with van der Waals surface area (Å²) in [5.74, 6) is 6.68. The lowest BCUT2D eigenvalue weighted by atomic mass is 10.4. The van der Waals surface area contributed by atoms with Crippen molar-refractivity contribution in [2.75, 3.05) is 17.0 Å². The van der Waals surface area contributed by atoms with Crippen LogP contribution in [0.5, 0.6) is 0 Å². The largest absolute Gasteiger partial charge is 0.364 e. The molecule has 0 unspecified atom stereocenters. The molecule has 6 nitrogen and oxygen atoms in total. The number of nitrogens with one attached hydrogen (secondary N) is 2. The third-order valence-electron chi connectivity index (χ3n) is 2.15. The zero-order chi connectivity index (χ0) is 13.0. The van der Waals surface area contributed by atoms with Gasteiger partial charge in [-0.15, -0.1) is 11.3 Å². The Kier molecular flexibility index (Phi) is 4.34. The van der Waals surface area contributed by atoms with Crippen molar-refractivity contribution in [1.82, 2.24) is 15.0 Å². The highest BCUT2D eigenvalue weighted by Crippen LogP contribution is 2.17. The number of hydrogen-bond donors (Lipinski definition) is 3. The van der Waals surface area contributed by atoms with E-state index in [9.17, 15) is 0 Å². The lowest BCUT2D eigenvalue weighted by Gasteiger charge is -2.07. The molecule has 0 bridgehead atoms. The molecule has 0 aliphatic heterocycles. The van der Waals surface area contributed by atoms with Gasteiger partial charge in [0.15, 0.2) is 5.16 Å². The van der Waals surface area contributed by atoms with E-state index in [0.29, 0.717) is 17.5 Å². The van der Waals surface area contributed by atoms with Crippen molar-refractivity contribution in [1.29, 1.82) is 0 Å². The molecule has 2 aromatic heterocycles. The number of nitrogen functional groups attached to an aromatic ring is 1. The number of aryl methyl sites for hydroxylation is 1. The molecule has 0 spiro atoms. The first-order valence-corrected chi connectivity index (χ1v) is 7.36. The summed E-state index contributed by atoms with van der Waals surface area (Å²) in [7, 11) is 0. The highest BCUT2D eigenvalue weighted by atomic mass is 32.2. The molecule has 0 radical (unpaired) electrons. The third kappa shape index (κ3) is 3.31. The molecule has 96 valence electrons. The number of thioether (sulfide) groups is 1. The molecule has 0 amide bonds. The summed E-state index contributed by atoms with van der Waals surface area (Å²) >= 11 is 3.10. The normalized spacial score (nSPS) is 10.4. The van der Waals surface area contributed by atoms with E-state index >= 15 is 0 Å². The molecule has 8 heteroatoms. The molecular weight excluding hydrogens is 268 g/mol. The highest BCUT2D eigenvalue weighted by Gasteiger charge is 2.04. The maximum atomic E-state index is 5.36. The minimum atomic E-state index is 0.589. The van der Waals surface area contributed by atoms with Crippen LogP contribution >= 0.6 is 23.1 Å². The Hall–Kier alpha value is -1.38. The van der Waals surface area contributed by atoms with E-state index in [4.69, 9.17) is 5.84 Å². The SMILES string of the molecule is CSc1nc(NN)cc(NCc2csc(C)n2)n1. The number of hydrazine groups is 1. The minimum Gasteiger partial charge on any atom is -0.364 e. The Morgan fingerprint density at radius 2 is 2.11 bits per heavy atom. The molecule has 0 fully saturated rings. The van der Waals surface area contributed by atoms with Gasteiger partial charge in [-0.2, -0.15) is 0 Å².